The Kier molecular flexibility index (Phi) is 5.29. The molecule has 25 heavy (non-hydrogen) atoms. The average Bonchev–Trinajstić information content (AvgIpc) is 2.63. The number of carbonyl (C=O) groups is 1. The molecule has 1 aliphatic heterocycles. The highest BCUT2D eigenvalue weighted by atomic mass is 32.2. The van der Waals surface area contributed by atoms with Crippen molar-refractivity contribution in [2.75, 3.05) is 19.0 Å². The third kappa shape index (κ3) is 3.97. The highest BCUT2D eigenvalue weighted by Gasteiger charge is 2.16. The molecule has 2 heterocycles. The second-order valence-electron chi connectivity index (χ2n) is 5.81. The van der Waals surface area contributed by atoms with Crippen molar-refractivity contribution in [2.45, 2.75) is 31.3 Å². The fraction of sp³-hybridized carbons (Fsp3) is 0.389. The van der Waals surface area contributed by atoms with E-state index in [1.54, 1.807) is 6.07 Å². The largest absolute Gasteiger partial charge is 0.486 e. The third-order valence-electron chi connectivity index (χ3n) is 3.92. The Balaban J connectivity index is 1.84. The number of nitriles is 1. The van der Waals surface area contributed by atoms with Crippen LogP contribution in [0.1, 0.15) is 25.8 Å². The molecule has 1 aromatic carbocycles. The molecular weight excluding hydrogens is 338 g/mol. The van der Waals surface area contributed by atoms with Gasteiger partial charge in [0.15, 0.2) is 11.5 Å². The highest BCUT2D eigenvalue weighted by molar-refractivity contribution is 8.00. The van der Waals surface area contributed by atoms with E-state index >= 15 is 0 Å². The molecule has 1 N–H and O–H groups in total. The summed E-state index contributed by atoms with van der Waals surface area (Å²) in [5.41, 5.74) is 1.17. The van der Waals surface area contributed by atoms with Gasteiger partial charge in [0.25, 0.3) is 0 Å². The first-order chi connectivity index (χ1) is 12.1. The number of ether oxygens (including phenoxy) is 2. The fourth-order valence-electron chi connectivity index (χ4n) is 2.44. The lowest BCUT2D eigenvalue weighted by Crippen LogP contribution is -2.33. The Labute approximate surface area is 150 Å². The molecule has 2 aromatic rings. The van der Waals surface area contributed by atoms with Crippen LogP contribution in [0, 0.1) is 11.3 Å². The average molecular weight is 357 g/mol. The Morgan fingerprint density at radius 2 is 2.08 bits per heavy atom. The molecule has 1 aromatic heterocycles. The van der Waals surface area contributed by atoms with E-state index in [2.05, 4.69) is 16.4 Å². The normalized spacial score (nSPS) is 14.0. The minimum Gasteiger partial charge on any atom is -0.486 e. The predicted molar refractivity (Wildman–Crippen MR) is 96.1 cm³/mol. The van der Waals surface area contributed by atoms with Crippen molar-refractivity contribution in [3.8, 4) is 17.6 Å². The van der Waals surface area contributed by atoms with Gasteiger partial charge in [0.2, 0.25) is 5.91 Å². The molecule has 0 radical (unpaired) electrons. The van der Waals surface area contributed by atoms with Gasteiger partial charge < -0.3 is 14.8 Å². The van der Waals surface area contributed by atoms with Gasteiger partial charge in [0.05, 0.1) is 16.8 Å². The maximum Gasteiger partial charge on any atom is 0.230 e. The summed E-state index contributed by atoms with van der Waals surface area (Å²) in [6.45, 7) is 4.99. The van der Waals surface area contributed by atoms with E-state index in [9.17, 15) is 10.1 Å². The Morgan fingerprint density at radius 1 is 1.36 bits per heavy atom. The van der Waals surface area contributed by atoms with Gasteiger partial charge in [-0.15, -0.1) is 0 Å². The molecular formula is C18H19N3O3S. The van der Waals surface area contributed by atoms with E-state index in [1.807, 2.05) is 26.0 Å². The van der Waals surface area contributed by atoms with Crippen molar-refractivity contribution >= 4 is 28.6 Å². The Hall–Kier alpha value is -2.46. The van der Waals surface area contributed by atoms with Crippen LogP contribution < -0.4 is 14.8 Å². The van der Waals surface area contributed by atoms with Crippen LogP contribution in [0.2, 0.25) is 0 Å². The summed E-state index contributed by atoms with van der Waals surface area (Å²) in [5, 5.41) is 13.7. The highest BCUT2D eigenvalue weighted by Crippen LogP contribution is 2.35. The number of carbonyl (C=O) groups excluding carboxylic acids is 1. The second-order valence-corrected chi connectivity index (χ2v) is 6.77. The van der Waals surface area contributed by atoms with Crippen LogP contribution in [0.5, 0.6) is 11.5 Å². The first kappa shape index (κ1) is 17.4. The summed E-state index contributed by atoms with van der Waals surface area (Å²) < 4.78 is 11.1. The predicted octanol–water partition coefficient (Wildman–Crippen LogP) is 2.88. The molecule has 3 rings (SSSR count). The second kappa shape index (κ2) is 7.62. The zero-order valence-corrected chi connectivity index (χ0v) is 15.0. The monoisotopic (exact) mass is 357 g/mol. The van der Waals surface area contributed by atoms with Crippen LogP contribution in [-0.2, 0) is 4.79 Å². The summed E-state index contributed by atoms with van der Waals surface area (Å²) in [6.07, 6.45) is 0.876. The van der Waals surface area contributed by atoms with Crippen molar-refractivity contribution in [1.82, 2.24) is 10.3 Å². The number of amides is 1. The summed E-state index contributed by atoms with van der Waals surface area (Å²) in [6, 6.07) is 7.71. The molecule has 1 atom stereocenters. The summed E-state index contributed by atoms with van der Waals surface area (Å²) in [7, 11) is 0. The van der Waals surface area contributed by atoms with Gasteiger partial charge in [0.1, 0.15) is 24.3 Å². The molecule has 1 amide bonds. The molecule has 0 bridgehead atoms. The zero-order chi connectivity index (χ0) is 17.8. The van der Waals surface area contributed by atoms with Crippen LogP contribution in [0.4, 0.5) is 0 Å². The maximum atomic E-state index is 12.0. The van der Waals surface area contributed by atoms with Crippen molar-refractivity contribution < 1.29 is 14.3 Å². The Bertz CT molecular complexity index is 848. The molecule has 0 saturated heterocycles. The van der Waals surface area contributed by atoms with Gasteiger partial charge in [-0.1, -0.05) is 18.7 Å². The quantitative estimate of drug-likeness (QED) is 0.829. The lowest BCUT2D eigenvalue weighted by molar-refractivity contribution is -0.119. The van der Waals surface area contributed by atoms with Crippen molar-refractivity contribution in [2.24, 2.45) is 0 Å². The van der Waals surface area contributed by atoms with Gasteiger partial charge >= 0.3 is 0 Å². The number of nitrogens with zero attached hydrogens (tertiary/aromatic N) is 2. The summed E-state index contributed by atoms with van der Waals surface area (Å²) in [4.78, 5) is 16.5. The number of nitrogens with one attached hydrogen (secondary N) is 1. The smallest absolute Gasteiger partial charge is 0.230 e. The van der Waals surface area contributed by atoms with E-state index in [4.69, 9.17) is 9.47 Å². The van der Waals surface area contributed by atoms with Crippen molar-refractivity contribution in [3.63, 3.8) is 0 Å². The summed E-state index contributed by atoms with van der Waals surface area (Å²) >= 11 is 1.27. The number of thioether (sulfide) groups is 1. The summed E-state index contributed by atoms with van der Waals surface area (Å²) in [5.74, 6) is 1.48. The number of pyridine rings is 1. The van der Waals surface area contributed by atoms with Crippen molar-refractivity contribution in [3.05, 3.63) is 23.8 Å². The van der Waals surface area contributed by atoms with Gasteiger partial charge in [-0.2, -0.15) is 5.26 Å². The van der Waals surface area contributed by atoms with Gasteiger partial charge in [-0.25, -0.2) is 4.98 Å². The maximum absolute atomic E-state index is 12.0. The first-order valence-corrected chi connectivity index (χ1v) is 9.16. The first-order valence-electron chi connectivity index (χ1n) is 8.17. The molecule has 0 spiro atoms. The van der Waals surface area contributed by atoms with Crippen LogP contribution in [-0.4, -0.2) is 35.9 Å². The fourth-order valence-corrected chi connectivity index (χ4v) is 3.21. The minimum atomic E-state index is -0.0627. The van der Waals surface area contributed by atoms with E-state index in [1.165, 1.54) is 11.8 Å². The number of hydrogen-bond donors (Lipinski definition) is 1. The molecule has 0 saturated carbocycles. The van der Waals surface area contributed by atoms with E-state index in [-0.39, 0.29) is 17.7 Å². The molecule has 1 aliphatic rings. The van der Waals surface area contributed by atoms with Crippen LogP contribution in [0.15, 0.2) is 23.2 Å². The van der Waals surface area contributed by atoms with E-state index in [0.717, 1.165) is 11.8 Å². The number of hydrogen-bond acceptors (Lipinski definition) is 6. The SMILES string of the molecule is CC[C@H](C)NC(=O)CSc1nc2cc3c(cc2cc1C#N)OCCO3. The third-order valence-corrected chi connectivity index (χ3v) is 4.92. The van der Waals surface area contributed by atoms with Gasteiger partial charge in [0, 0.05) is 17.5 Å². The van der Waals surface area contributed by atoms with Gasteiger partial charge in [-0.3, -0.25) is 4.79 Å². The van der Waals surface area contributed by atoms with Crippen LogP contribution >= 0.6 is 11.8 Å². The Morgan fingerprint density at radius 3 is 2.76 bits per heavy atom. The number of aromatic nitrogens is 1. The topological polar surface area (TPSA) is 84.2 Å². The van der Waals surface area contributed by atoms with Crippen molar-refractivity contribution in [1.29, 1.82) is 5.26 Å². The van der Waals surface area contributed by atoms with E-state index in [0.29, 0.717) is 40.8 Å². The van der Waals surface area contributed by atoms with E-state index < -0.39 is 0 Å². The molecule has 6 nitrogen and oxygen atoms in total. The lowest BCUT2D eigenvalue weighted by Gasteiger charge is -2.19. The zero-order valence-electron chi connectivity index (χ0n) is 14.2. The lowest BCUT2D eigenvalue weighted by atomic mass is 10.1. The minimum absolute atomic E-state index is 0.0627. The number of fused-ring (bicyclic) bond motifs is 2. The van der Waals surface area contributed by atoms with Crippen LogP contribution in [0.25, 0.3) is 10.9 Å². The van der Waals surface area contributed by atoms with Crippen LogP contribution in [0.3, 0.4) is 0 Å². The molecule has 7 heteroatoms. The molecule has 0 unspecified atom stereocenters. The number of rotatable bonds is 5. The molecule has 0 aliphatic carbocycles. The standard InChI is InChI=1S/C18H19N3O3S/c1-3-11(2)20-17(22)10-25-18-13(9-19)6-12-7-15-16(8-14(12)21-18)24-5-4-23-15/h6-8,11H,3-5,10H2,1-2H3,(H,20,22)/t11-/m0/s1. The molecule has 130 valence electrons. The molecule has 0 fully saturated rings. The van der Waals surface area contributed by atoms with Gasteiger partial charge in [-0.05, 0) is 25.5 Å². The number of benzene rings is 1.